The first-order valence-electron chi connectivity index (χ1n) is 5.76. The van der Waals surface area contributed by atoms with E-state index in [9.17, 15) is 4.79 Å². The molecule has 0 aliphatic carbocycles. The number of benzene rings is 2. The first-order chi connectivity index (χ1) is 9.22. The summed E-state index contributed by atoms with van der Waals surface area (Å²) in [5, 5.41) is 7.03. The van der Waals surface area contributed by atoms with Gasteiger partial charge in [0.1, 0.15) is 0 Å². The van der Waals surface area contributed by atoms with Gasteiger partial charge in [0.2, 0.25) is 0 Å². The van der Waals surface area contributed by atoms with Gasteiger partial charge >= 0.3 is 0 Å². The monoisotopic (exact) mass is 331 g/mol. The van der Waals surface area contributed by atoms with E-state index in [1.165, 1.54) is 16.7 Å². The summed E-state index contributed by atoms with van der Waals surface area (Å²) in [4.78, 5) is 12.0. The molecule has 0 radical (unpaired) electrons. The van der Waals surface area contributed by atoms with E-state index >= 15 is 0 Å². The van der Waals surface area contributed by atoms with E-state index < -0.39 is 0 Å². The molecule has 0 atom stereocenters. The van der Waals surface area contributed by atoms with Crippen LogP contribution in [0.2, 0.25) is 0 Å². The maximum Gasteiger partial charge on any atom is 0.256 e. The molecule has 19 heavy (non-hydrogen) atoms. The minimum atomic E-state index is -0.0859. The van der Waals surface area contributed by atoms with Crippen LogP contribution in [0.15, 0.2) is 57.7 Å². The highest BCUT2D eigenvalue weighted by Crippen LogP contribution is 2.23. The summed E-state index contributed by atoms with van der Waals surface area (Å²) in [5.41, 5.74) is 1.48. The van der Waals surface area contributed by atoms with Crippen LogP contribution >= 0.6 is 27.3 Å². The third-order valence-electron chi connectivity index (χ3n) is 2.84. The molecule has 0 saturated heterocycles. The fourth-order valence-electron chi connectivity index (χ4n) is 1.90. The number of hydrogen-bond donors (Lipinski definition) is 1. The van der Waals surface area contributed by atoms with Gasteiger partial charge in [-0.25, -0.2) is 0 Å². The molecular weight excluding hydrogens is 322 g/mol. The maximum atomic E-state index is 12.0. The maximum absolute atomic E-state index is 12.0. The van der Waals surface area contributed by atoms with E-state index in [1.807, 2.05) is 47.8 Å². The topological polar surface area (TPSA) is 29.1 Å². The molecule has 4 heteroatoms. The average Bonchev–Trinajstić information content (AvgIpc) is 2.85. The van der Waals surface area contributed by atoms with E-state index in [1.54, 1.807) is 0 Å². The Morgan fingerprint density at radius 2 is 1.84 bits per heavy atom. The largest absolute Gasteiger partial charge is 0.322 e. The second-order valence-electron chi connectivity index (χ2n) is 4.16. The number of hydrogen-bond acceptors (Lipinski definition) is 2. The summed E-state index contributed by atoms with van der Waals surface area (Å²) < 4.78 is 0.955. The van der Waals surface area contributed by atoms with Gasteiger partial charge in [-0.3, -0.25) is 4.79 Å². The van der Waals surface area contributed by atoms with Crippen LogP contribution in [0.1, 0.15) is 10.4 Å². The van der Waals surface area contributed by atoms with Crippen LogP contribution in [0.3, 0.4) is 0 Å². The average molecular weight is 332 g/mol. The minimum Gasteiger partial charge on any atom is -0.322 e. The lowest BCUT2D eigenvalue weighted by atomic mass is 10.1. The van der Waals surface area contributed by atoms with Crippen LogP contribution in [-0.4, -0.2) is 5.91 Å². The number of amides is 1. The van der Waals surface area contributed by atoms with Crippen LogP contribution in [-0.2, 0) is 0 Å². The molecule has 1 heterocycles. The van der Waals surface area contributed by atoms with Crippen molar-refractivity contribution < 1.29 is 4.79 Å². The lowest BCUT2D eigenvalue weighted by Gasteiger charge is -2.05. The molecule has 0 aliphatic heterocycles. The zero-order valence-electron chi connectivity index (χ0n) is 9.89. The van der Waals surface area contributed by atoms with Crippen molar-refractivity contribution in [3.8, 4) is 0 Å². The normalized spacial score (nSPS) is 10.6. The predicted octanol–water partition coefficient (Wildman–Crippen LogP) is 4.92. The van der Waals surface area contributed by atoms with Crippen molar-refractivity contribution in [2.24, 2.45) is 0 Å². The number of fused-ring (bicyclic) bond motifs is 1. The van der Waals surface area contributed by atoms with Gasteiger partial charge in [-0.2, -0.15) is 0 Å². The van der Waals surface area contributed by atoms with Gasteiger partial charge in [-0.15, -0.1) is 11.3 Å². The molecule has 1 aromatic heterocycles. The molecule has 2 aromatic carbocycles. The van der Waals surface area contributed by atoms with Crippen LogP contribution in [0.25, 0.3) is 10.8 Å². The van der Waals surface area contributed by atoms with Crippen molar-refractivity contribution in [2.45, 2.75) is 0 Å². The van der Waals surface area contributed by atoms with Crippen molar-refractivity contribution in [1.29, 1.82) is 0 Å². The SMILES string of the molecule is O=C(Nc1ccc2ccccc2c1)c1csc(Br)c1. The number of carbonyl (C=O) groups excluding carboxylic acids is 1. The summed E-state index contributed by atoms with van der Waals surface area (Å²) in [6, 6.07) is 15.8. The molecule has 0 aliphatic rings. The van der Waals surface area contributed by atoms with Crippen molar-refractivity contribution in [3.63, 3.8) is 0 Å². The molecular formula is C15H10BrNOS. The number of rotatable bonds is 2. The number of halogens is 1. The zero-order valence-corrected chi connectivity index (χ0v) is 12.3. The first-order valence-corrected chi connectivity index (χ1v) is 7.44. The smallest absolute Gasteiger partial charge is 0.256 e. The predicted molar refractivity (Wildman–Crippen MR) is 83.9 cm³/mol. The van der Waals surface area contributed by atoms with Crippen molar-refractivity contribution in [1.82, 2.24) is 0 Å². The number of nitrogens with one attached hydrogen (secondary N) is 1. The molecule has 1 N–H and O–H groups in total. The molecule has 0 bridgehead atoms. The molecule has 94 valence electrons. The van der Waals surface area contributed by atoms with Crippen LogP contribution in [0.4, 0.5) is 5.69 Å². The fourth-order valence-corrected chi connectivity index (χ4v) is 3.04. The Labute approximate surface area is 123 Å². The van der Waals surface area contributed by atoms with Gasteiger partial charge in [0.15, 0.2) is 0 Å². The summed E-state index contributed by atoms with van der Waals surface area (Å²) >= 11 is 4.86. The summed E-state index contributed by atoms with van der Waals surface area (Å²) in [5.74, 6) is -0.0859. The van der Waals surface area contributed by atoms with E-state index in [4.69, 9.17) is 0 Å². The number of carbonyl (C=O) groups is 1. The van der Waals surface area contributed by atoms with E-state index in [0.717, 1.165) is 14.9 Å². The van der Waals surface area contributed by atoms with Gasteiger partial charge in [0.25, 0.3) is 5.91 Å². The summed E-state index contributed by atoms with van der Waals surface area (Å²) in [6.45, 7) is 0. The molecule has 2 nitrogen and oxygen atoms in total. The van der Waals surface area contributed by atoms with Crippen molar-refractivity contribution >= 4 is 49.6 Å². The van der Waals surface area contributed by atoms with Crippen LogP contribution in [0, 0.1) is 0 Å². The Balaban J connectivity index is 1.87. The highest BCUT2D eigenvalue weighted by atomic mass is 79.9. The number of anilines is 1. The van der Waals surface area contributed by atoms with E-state index in [2.05, 4.69) is 27.3 Å². The highest BCUT2D eigenvalue weighted by Gasteiger charge is 2.08. The molecule has 3 aromatic rings. The van der Waals surface area contributed by atoms with Gasteiger partial charge in [0, 0.05) is 11.1 Å². The molecule has 0 saturated carbocycles. The molecule has 0 spiro atoms. The fraction of sp³-hybridized carbons (Fsp3) is 0. The van der Waals surface area contributed by atoms with Crippen molar-refractivity contribution in [2.75, 3.05) is 5.32 Å². The summed E-state index contributed by atoms with van der Waals surface area (Å²) in [7, 11) is 0. The Morgan fingerprint density at radius 3 is 2.58 bits per heavy atom. The van der Waals surface area contributed by atoms with E-state index in [0.29, 0.717) is 5.56 Å². The Kier molecular flexibility index (Phi) is 3.36. The standard InChI is InChI=1S/C15H10BrNOS/c16-14-8-12(9-19-14)15(18)17-13-6-5-10-3-1-2-4-11(10)7-13/h1-9H,(H,17,18). The zero-order chi connectivity index (χ0) is 13.2. The second kappa shape index (κ2) is 5.15. The number of thiophene rings is 1. The second-order valence-corrected chi connectivity index (χ2v) is 6.45. The minimum absolute atomic E-state index is 0.0859. The lowest BCUT2D eigenvalue weighted by Crippen LogP contribution is -2.10. The Hall–Kier alpha value is -1.65. The third kappa shape index (κ3) is 2.69. The molecule has 1 amide bonds. The first kappa shape index (κ1) is 12.4. The van der Waals surface area contributed by atoms with Crippen molar-refractivity contribution in [3.05, 3.63) is 63.3 Å². The van der Waals surface area contributed by atoms with Gasteiger partial charge < -0.3 is 5.32 Å². The Morgan fingerprint density at radius 1 is 1.05 bits per heavy atom. The summed E-state index contributed by atoms with van der Waals surface area (Å²) in [6.07, 6.45) is 0. The van der Waals surface area contributed by atoms with Gasteiger partial charge in [0.05, 0.1) is 9.35 Å². The van der Waals surface area contributed by atoms with Crippen LogP contribution in [0.5, 0.6) is 0 Å². The highest BCUT2D eigenvalue weighted by molar-refractivity contribution is 9.11. The molecule has 3 rings (SSSR count). The van der Waals surface area contributed by atoms with E-state index in [-0.39, 0.29) is 5.91 Å². The quantitative estimate of drug-likeness (QED) is 0.709. The van der Waals surface area contributed by atoms with Gasteiger partial charge in [-0.05, 0) is 44.9 Å². The lowest BCUT2D eigenvalue weighted by molar-refractivity contribution is 0.102. The van der Waals surface area contributed by atoms with Gasteiger partial charge in [-0.1, -0.05) is 30.3 Å². The van der Waals surface area contributed by atoms with Crippen LogP contribution < -0.4 is 5.32 Å². The third-order valence-corrected chi connectivity index (χ3v) is 4.34. The molecule has 0 unspecified atom stereocenters. The Bertz CT molecular complexity index is 750. The molecule has 0 fully saturated rings.